The van der Waals surface area contributed by atoms with Gasteiger partial charge in [-0.2, -0.15) is 0 Å². The van der Waals surface area contributed by atoms with Gasteiger partial charge in [0.2, 0.25) is 0 Å². The van der Waals surface area contributed by atoms with E-state index in [4.69, 9.17) is 5.41 Å². The Balaban J connectivity index is 1.97. The van der Waals surface area contributed by atoms with Gasteiger partial charge in [0.1, 0.15) is 5.82 Å². The lowest BCUT2D eigenvalue weighted by Crippen LogP contribution is -2.31. The summed E-state index contributed by atoms with van der Waals surface area (Å²) in [5.74, 6) is -0.389. The SMILES string of the molecule is CC(CC=N)(Cc1ccccc1F)C(=O)c1ccc2[nH]ccc2c1. The number of hydrogen-bond donors (Lipinski definition) is 2. The predicted molar refractivity (Wildman–Crippen MR) is 94.2 cm³/mol. The van der Waals surface area contributed by atoms with Crippen LogP contribution >= 0.6 is 0 Å². The fourth-order valence-corrected chi connectivity index (χ4v) is 3.08. The molecule has 122 valence electrons. The lowest BCUT2D eigenvalue weighted by atomic mass is 9.75. The van der Waals surface area contributed by atoms with Crippen LogP contribution in [0.25, 0.3) is 10.9 Å². The number of H-pyrrole nitrogens is 1. The summed E-state index contributed by atoms with van der Waals surface area (Å²) < 4.78 is 14.0. The van der Waals surface area contributed by atoms with Crippen molar-refractivity contribution in [3.05, 3.63) is 71.7 Å². The van der Waals surface area contributed by atoms with Gasteiger partial charge < -0.3 is 10.4 Å². The van der Waals surface area contributed by atoms with Crippen molar-refractivity contribution in [2.75, 3.05) is 0 Å². The standard InChI is InChI=1S/C20H19FN2O/c1-20(9-10-22,13-16-4-2-3-5-17(16)21)19(24)15-6-7-18-14(12-15)8-11-23-18/h2-8,10-12,22-23H,9,13H2,1H3. The van der Waals surface area contributed by atoms with E-state index in [2.05, 4.69) is 4.98 Å². The third-order valence-electron chi connectivity index (χ3n) is 4.45. The van der Waals surface area contributed by atoms with E-state index in [9.17, 15) is 9.18 Å². The first kappa shape index (κ1) is 16.1. The molecule has 2 N–H and O–H groups in total. The predicted octanol–water partition coefficient (Wildman–Crippen LogP) is 4.78. The van der Waals surface area contributed by atoms with E-state index >= 15 is 0 Å². The van der Waals surface area contributed by atoms with Crippen molar-refractivity contribution in [1.29, 1.82) is 5.41 Å². The Labute approximate surface area is 140 Å². The summed E-state index contributed by atoms with van der Waals surface area (Å²) in [5.41, 5.74) is 1.20. The van der Waals surface area contributed by atoms with Gasteiger partial charge >= 0.3 is 0 Å². The van der Waals surface area contributed by atoms with Crippen LogP contribution in [0.3, 0.4) is 0 Å². The van der Waals surface area contributed by atoms with Crippen LogP contribution in [0.5, 0.6) is 0 Å². The number of aromatic nitrogens is 1. The molecular weight excluding hydrogens is 303 g/mol. The Kier molecular flexibility index (Phi) is 4.30. The van der Waals surface area contributed by atoms with E-state index in [1.165, 1.54) is 12.3 Å². The Morgan fingerprint density at radius 1 is 1.25 bits per heavy atom. The van der Waals surface area contributed by atoms with E-state index in [1.54, 1.807) is 31.2 Å². The van der Waals surface area contributed by atoms with Gasteiger partial charge in [-0.1, -0.05) is 25.1 Å². The van der Waals surface area contributed by atoms with Gasteiger partial charge in [-0.05, 0) is 55.0 Å². The second-order valence-corrected chi connectivity index (χ2v) is 6.35. The Morgan fingerprint density at radius 3 is 2.79 bits per heavy atom. The summed E-state index contributed by atoms with van der Waals surface area (Å²) in [7, 11) is 0. The summed E-state index contributed by atoms with van der Waals surface area (Å²) in [6, 6.07) is 13.9. The number of nitrogens with one attached hydrogen (secondary N) is 2. The van der Waals surface area contributed by atoms with Crippen molar-refractivity contribution < 1.29 is 9.18 Å². The molecule has 3 rings (SSSR count). The highest BCUT2D eigenvalue weighted by Crippen LogP contribution is 2.32. The van der Waals surface area contributed by atoms with Crippen LogP contribution in [0.1, 0.15) is 29.3 Å². The van der Waals surface area contributed by atoms with Gasteiger partial charge in [0, 0.05) is 28.1 Å². The number of ketones is 1. The van der Waals surface area contributed by atoms with Crippen LogP contribution in [0.15, 0.2) is 54.7 Å². The molecule has 1 unspecified atom stereocenters. The van der Waals surface area contributed by atoms with Gasteiger partial charge in [0.25, 0.3) is 0 Å². The minimum Gasteiger partial charge on any atom is -0.361 e. The maximum absolute atomic E-state index is 14.0. The van der Waals surface area contributed by atoms with E-state index in [1.807, 2.05) is 24.4 Å². The normalized spacial score (nSPS) is 13.6. The van der Waals surface area contributed by atoms with Crippen LogP contribution in [0.4, 0.5) is 4.39 Å². The summed E-state index contributed by atoms with van der Waals surface area (Å²) in [6.45, 7) is 1.80. The number of benzene rings is 2. The molecule has 0 saturated heterocycles. The molecule has 1 atom stereocenters. The molecule has 3 nitrogen and oxygen atoms in total. The van der Waals surface area contributed by atoms with Crippen LogP contribution in [0.2, 0.25) is 0 Å². The topological polar surface area (TPSA) is 56.7 Å². The molecule has 0 aliphatic rings. The van der Waals surface area contributed by atoms with Crippen molar-refractivity contribution in [2.24, 2.45) is 5.41 Å². The van der Waals surface area contributed by atoms with Crippen LogP contribution in [0, 0.1) is 16.6 Å². The zero-order valence-electron chi connectivity index (χ0n) is 13.5. The average Bonchev–Trinajstić information content (AvgIpc) is 3.04. The maximum Gasteiger partial charge on any atom is 0.169 e. The number of fused-ring (bicyclic) bond motifs is 1. The van der Waals surface area contributed by atoms with E-state index in [0.29, 0.717) is 11.1 Å². The molecular formula is C20H19FN2O. The second-order valence-electron chi connectivity index (χ2n) is 6.35. The number of carbonyl (C=O) groups is 1. The molecule has 1 heterocycles. The molecule has 0 bridgehead atoms. The number of rotatable bonds is 6. The molecule has 0 fully saturated rings. The molecule has 0 radical (unpaired) electrons. The zero-order chi connectivity index (χ0) is 17.2. The van der Waals surface area contributed by atoms with Gasteiger partial charge in [-0.25, -0.2) is 4.39 Å². The van der Waals surface area contributed by atoms with Gasteiger partial charge in [-0.15, -0.1) is 0 Å². The molecule has 24 heavy (non-hydrogen) atoms. The average molecular weight is 322 g/mol. The molecule has 2 aromatic carbocycles. The van der Waals surface area contributed by atoms with Gasteiger partial charge in [0.05, 0.1) is 0 Å². The molecule has 3 aromatic rings. The Hall–Kier alpha value is -2.75. The third kappa shape index (κ3) is 3.00. The monoisotopic (exact) mass is 322 g/mol. The van der Waals surface area contributed by atoms with Crippen molar-refractivity contribution in [1.82, 2.24) is 4.98 Å². The fourth-order valence-electron chi connectivity index (χ4n) is 3.08. The van der Waals surface area contributed by atoms with E-state index in [-0.39, 0.29) is 24.4 Å². The number of hydrogen-bond acceptors (Lipinski definition) is 2. The first-order valence-corrected chi connectivity index (χ1v) is 7.88. The van der Waals surface area contributed by atoms with Crippen molar-refractivity contribution in [3.63, 3.8) is 0 Å². The van der Waals surface area contributed by atoms with Crippen molar-refractivity contribution in [3.8, 4) is 0 Å². The highest BCUT2D eigenvalue weighted by atomic mass is 19.1. The molecule has 0 aliphatic heterocycles. The first-order chi connectivity index (χ1) is 11.5. The van der Waals surface area contributed by atoms with Crippen LogP contribution < -0.4 is 0 Å². The smallest absolute Gasteiger partial charge is 0.169 e. The summed E-state index contributed by atoms with van der Waals surface area (Å²) in [6.07, 6.45) is 3.59. The summed E-state index contributed by atoms with van der Waals surface area (Å²) in [5, 5.41) is 8.43. The minimum absolute atomic E-state index is 0.0719. The van der Waals surface area contributed by atoms with Crippen molar-refractivity contribution in [2.45, 2.75) is 19.8 Å². The highest BCUT2D eigenvalue weighted by molar-refractivity contribution is 6.04. The molecule has 0 saturated carbocycles. The summed E-state index contributed by atoms with van der Waals surface area (Å²) in [4.78, 5) is 16.2. The number of halogens is 1. The lowest BCUT2D eigenvalue weighted by molar-refractivity contribution is 0.0823. The highest BCUT2D eigenvalue weighted by Gasteiger charge is 2.34. The lowest BCUT2D eigenvalue weighted by Gasteiger charge is -2.27. The van der Waals surface area contributed by atoms with E-state index in [0.717, 1.165) is 10.9 Å². The first-order valence-electron chi connectivity index (χ1n) is 7.88. The molecule has 0 aliphatic carbocycles. The maximum atomic E-state index is 14.0. The second kappa shape index (κ2) is 6.40. The van der Waals surface area contributed by atoms with Crippen LogP contribution in [-0.2, 0) is 6.42 Å². The van der Waals surface area contributed by atoms with Gasteiger partial charge in [-0.3, -0.25) is 4.79 Å². The summed E-state index contributed by atoms with van der Waals surface area (Å²) >= 11 is 0. The van der Waals surface area contributed by atoms with E-state index < -0.39 is 5.41 Å². The number of Topliss-reactive ketones (excluding diaryl/α,β-unsaturated/α-hetero) is 1. The molecule has 0 spiro atoms. The minimum atomic E-state index is -0.853. The van der Waals surface area contributed by atoms with Crippen molar-refractivity contribution >= 4 is 22.9 Å². The third-order valence-corrected chi connectivity index (χ3v) is 4.45. The number of aromatic amines is 1. The largest absolute Gasteiger partial charge is 0.361 e. The quantitative estimate of drug-likeness (QED) is 0.498. The number of carbonyl (C=O) groups excluding carboxylic acids is 1. The Bertz CT molecular complexity index is 899. The molecule has 1 aromatic heterocycles. The Morgan fingerprint density at radius 2 is 2.04 bits per heavy atom. The zero-order valence-corrected chi connectivity index (χ0v) is 13.5. The van der Waals surface area contributed by atoms with Crippen LogP contribution in [-0.4, -0.2) is 17.0 Å². The van der Waals surface area contributed by atoms with Gasteiger partial charge in [0.15, 0.2) is 5.78 Å². The molecule has 4 heteroatoms. The molecule has 0 amide bonds. The fraction of sp³-hybridized carbons (Fsp3) is 0.200.